The second-order valence-corrected chi connectivity index (χ2v) is 5.86. The monoisotopic (exact) mass is 296 g/mol. The number of benzene rings is 2. The summed E-state index contributed by atoms with van der Waals surface area (Å²) in [6, 6.07) is 12.4. The molecule has 0 fully saturated rings. The van der Waals surface area contributed by atoms with Crippen molar-refractivity contribution in [2.75, 3.05) is 17.2 Å². The molecule has 1 amide bonds. The first-order valence-electron chi connectivity index (χ1n) is 7.64. The van der Waals surface area contributed by atoms with E-state index in [1.807, 2.05) is 32.0 Å². The Morgan fingerprint density at radius 2 is 1.55 bits per heavy atom. The largest absolute Gasteiger partial charge is 0.384 e. The number of rotatable bonds is 5. The lowest BCUT2D eigenvalue weighted by molar-refractivity contribution is -0.115. The zero-order chi connectivity index (χ0) is 16.1. The minimum Gasteiger partial charge on any atom is -0.384 e. The Morgan fingerprint density at radius 3 is 2.27 bits per heavy atom. The molecule has 0 bridgehead atoms. The summed E-state index contributed by atoms with van der Waals surface area (Å²) in [5, 5.41) is 6.30. The van der Waals surface area contributed by atoms with Crippen LogP contribution in [0.5, 0.6) is 0 Å². The van der Waals surface area contributed by atoms with E-state index in [0.717, 1.165) is 22.5 Å². The van der Waals surface area contributed by atoms with E-state index in [-0.39, 0.29) is 5.91 Å². The van der Waals surface area contributed by atoms with E-state index in [4.69, 9.17) is 0 Å². The minimum atomic E-state index is 0.0333. The predicted molar refractivity (Wildman–Crippen MR) is 93.6 cm³/mol. The van der Waals surface area contributed by atoms with Crippen LogP contribution >= 0.6 is 0 Å². The molecule has 0 aliphatic carbocycles. The van der Waals surface area contributed by atoms with Gasteiger partial charge in [-0.25, -0.2) is 0 Å². The van der Waals surface area contributed by atoms with Crippen molar-refractivity contribution in [3.63, 3.8) is 0 Å². The fraction of sp³-hybridized carbons (Fsp3) is 0.316. The van der Waals surface area contributed by atoms with Crippen molar-refractivity contribution < 1.29 is 4.79 Å². The van der Waals surface area contributed by atoms with Crippen molar-refractivity contribution in [1.29, 1.82) is 0 Å². The molecule has 116 valence electrons. The molecule has 0 unspecified atom stereocenters. The predicted octanol–water partition coefficient (Wildman–Crippen LogP) is 4.36. The van der Waals surface area contributed by atoms with Gasteiger partial charge in [-0.05, 0) is 56.5 Å². The van der Waals surface area contributed by atoms with Gasteiger partial charge in [0.2, 0.25) is 5.91 Å². The van der Waals surface area contributed by atoms with Gasteiger partial charge in [-0.2, -0.15) is 0 Å². The molecule has 0 aliphatic heterocycles. The SMILES string of the molecule is Cc1ccc(NCCC(=O)Nc2cc(C)ccc2C)c(C)c1. The summed E-state index contributed by atoms with van der Waals surface area (Å²) in [6.07, 6.45) is 0.445. The molecular formula is C19H24N2O. The van der Waals surface area contributed by atoms with E-state index in [0.29, 0.717) is 13.0 Å². The van der Waals surface area contributed by atoms with Gasteiger partial charge in [-0.3, -0.25) is 4.79 Å². The van der Waals surface area contributed by atoms with Crippen molar-refractivity contribution in [1.82, 2.24) is 0 Å². The number of carbonyl (C=O) groups excluding carboxylic acids is 1. The number of hydrogen-bond acceptors (Lipinski definition) is 2. The van der Waals surface area contributed by atoms with Crippen molar-refractivity contribution in [3.8, 4) is 0 Å². The third kappa shape index (κ3) is 4.35. The lowest BCUT2D eigenvalue weighted by Gasteiger charge is -2.12. The Balaban J connectivity index is 1.86. The quantitative estimate of drug-likeness (QED) is 0.860. The first-order chi connectivity index (χ1) is 10.5. The highest BCUT2D eigenvalue weighted by Gasteiger charge is 2.05. The average Bonchev–Trinajstić information content (AvgIpc) is 2.45. The van der Waals surface area contributed by atoms with Crippen LogP contribution in [0.2, 0.25) is 0 Å². The summed E-state index contributed by atoms with van der Waals surface area (Å²) in [4.78, 5) is 12.1. The zero-order valence-corrected chi connectivity index (χ0v) is 13.8. The van der Waals surface area contributed by atoms with Crippen molar-refractivity contribution in [2.24, 2.45) is 0 Å². The van der Waals surface area contributed by atoms with Gasteiger partial charge in [0.05, 0.1) is 0 Å². The Hall–Kier alpha value is -2.29. The first kappa shape index (κ1) is 16.1. The van der Waals surface area contributed by atoms with Gasteiger partial charge >= 0.3 is 0 Å². The molecule has 0 aliphatic rings. The molecule has 0 spiro atoms. The molecule has 0 heterocycles. The van der Waals surface area contributed by atoms with Crippen LogP contribution in [0.15, 0.2) is 36.4 Å². The van der Waals surface area contributed by atoms with Crippen LogP contribution in [0.25, 0.3) is 0 Å². The Bertz CT molecular complexity index is 677. The van der Waals surface area contributed by atoms with Crippen molar-refractivity contribution in [3.05, 3.63) is 58.7 Å². The van der Waals surface area contributed by atoms with E-state index < -0.39 is 0 Å². The molecule has 0 aromatic heterocycles. The van der Waals surface area contributed by atoms with Gasteiger partial charge in [0, 0.05) is 24.3 Å². The van der Waals surface area contributed by atoms with Crippen LogP contribution in [0, 0.1) is 27.7 Å². The highest BCUT2D eigenvalue weighted by Crippen LogP contribution is 2.17. The highest BCUT2D eigenvalue weighted by atomic mass is 16.1. The van der Waals surface area contributed by atoms with E-state index in [1.54, 1.807) is 0 Å². The van der Waals surface area contributed by atoms with Crippen molar-refractivity contribution in [2.45, 2.75) is 34.1 Å². The summed E-state index contributed by atoms with van der Waals surface area (Å²) < 4.78 is 0. The molecule has 0 atom stereocenters. The van der Waals surface area contributed by atoms with Gasteiger partial charge in [0.25, 0.3) is 0 Å². The lowest BCUT2D eigenvalue weighted by atomic mass is 10.1. The number of carbonyl (C=O) groups is 1. The number of aryl methyl sites for hydroxylation is 4. The maximum atomic E-state index is 12.1. The Kier molecular flexibility index (Phi) is 5.21. The van der Waals surface area contributed by atoms with Gasteiger partial charge in [0.1, 0.15) is 0 Å². The molecule has 22 heavy (non-hydrogen) atoms. The summed E-state index contributed by atoms with van der Waals surface area (Å²) >= 11 is 0. The van der Waals surface area contributed by atoms with E-state index in [1.165, 1.54) is 11.1 Å². The Labute approximate surface area is 132 Å². The molecule has 2 aromatic carbocycles. The summed E-state index contributed by atoms with van der Waals surface area (Å²) in [5.41, 5.74) is 6.67. The van der Waals surface area contributed by atoms with Gasteiger partial charge in [-0.1, -0.05) is 29.8 Å². The zero-order valence-electron chi connectivity index (χ0n) is 13.8. The van der Waals surface area contributed by atoms with E-state index in [9.17, 15) is 4.79 Å². The number of amides is 1. The topological polar surface area (TPSA) is 41.1 Å². The van der Waals surface area contributed by atoms with Crippen LogP contribution in [0.1, 0.15) is 28.7 Å². The molecule has 2 rings (SSSR count). The van der Waals surface area contributed by atoms with E-state index in [2.05, 4.69) is 42.7 Å². The Morgan fingerprint density at radius 1 is 0.864 bits per heavy atom. The van der Waals surface area contributed by atoms with Crippen LogP contribution in [-0.4, -0.2) is 12.5 Å². The fourth-order valence-electron chi connectivity index (χ4n) is 2.41. The fourth-order valence-corrected chi connectivity index (χ4v) is 2.41. The smallest absolute Gasteiger partial charge is 0.226 e. The molecule has 3 heteroatoms. The third-order valence-electron chi connectivity index (χ3n) is 3.72. The highest BCUT2D eigenvalue weighted by molar-refractivity contribution is 5.91. The van der Waals surface area contributed by atoms with Crippen molar-refractivity contribution >= 4 is 17.3 Å². The molecular weight excluding hydrogens is 272 g/mol. The summed E-state index contributed by atoms with van der Waals surface area (Å²) in [6.45, 7) is 8.81. The van der Waals surface area contributed by atoms with Gasteiger partial charge in [-0.15, -0.1) is 0 Å². The van der Waals surface area contributed by atoms with Gasteiger partial charge < -0.3 is 10.6 Å². The number of hydrogen-bond donors (Lipinski definition) is 2. The van der Waals surface area contributed by atoms with Crippen LogP contribution in [0.3, 0.4) is 0 Å². The van der Waals surface area contributed by atoms with Gasteiger partial charge in [0.15, 0.2) is 0 Å². The third-order valence-corrected chi connectivity index (χ3v) is 3.72. The van der Waals surface area contributed by atoms with Crippen LogP contribution < -0.4 is 10.6 Å². The second-order valence-electron chi connectivity index (χ2n) is 5.86. The molecule has 0 radical (unpaired) electrons. The standard InChI is InChI=1S/C19H24N2O/c1-13-6-8-17(16(4)11-13)20-10-9-19(22)21-18-12-14(2)5-7-15(18)3/h5-8,11-12,20H,9-10H2,1-4H3,(H,21,22). The molecule has 0 saturated carbocycles. The second kappa shape index (κ2) is 7.12. The minimum absolute atomic E-state index is 0.0333. The summed E-state index contributed by atoms with van der Waals surface area (Å²) in [7, 11) is 0. The normalized spacial score (nSPS) is 10.4. The maximum Gasteiger partial charge on any atom is 0.226 e. The average molecular weight is 296 g/mol. The molecule has 2 N–H and O–H groups in total. The summed E-state index contributed by atoms with van der Waals surface area (Å²) in [5.74, 6) is 0.0333. The van der Waals surface area contributed by atoms with E-state index >= 15 is 0 Å². The van der Waals surface area contributed by atoms with Crippen LogP contribution in [-0.2, 0) is 4.79 Å². The number of anilines is 2. The molecule has 3 nitrogen and oxygen atoms in total. The first-order valence-corrected chi connectivity index (χ1v) is 7.64. The molecule has 0 saturated heterocycles. The maximum absolute atomic E-state index is 12.1. The lowest BCUT2D eigenvalue weighted by Crippen LogP contribution is -2.17. The number of nitrogens with one attached hydrogen (secondary N) is 2. The van der Waals surface area contributed by atoms with Crippen LogP contribution in [0.4, 0.5) is 11.4 Å². The molecule has 2 aromatic rings.